The van der Waals surface area contributed by atoms with Gasteiger partial charge in [-0.3, -0.25) is 10.2 Å². The quantitative estimate of drug-likeness (QED) is 0.792. The lowest BCUT2D eigenvalue weighted by atomic mass is 10.2. The summed E-state index contributed by atoms with van der Waals surface area (Å²) in [6.45, 7) is 6.04. The van der Waals surface area contributed by atoms with Crippen molar-refractivity contribution in [1.29, 1.82) is 0 Å². The fraction of sp³-hybridized carbons (Fsp3) is 0.462. The molecule has 4 nitrogen and oxygen atoms in total. The minimum atomic E-state index is -0.151. The summed E-state index contributed by atoms with van der Waals surface area (Å²) in [7, 11) is 1.83. The number of amides is 1. The molecule has 1 rings (SSSR count). The van der Waals surface area contributed by atoms with Gasteiger partial charge in [0.15, 0.2) is 6.61 Å². The van der Waals surface area contributed by atoms with Crippen molar-refractivity contribution >= 4 is 5.91 Å². The number of carbonyl (C=O) groups is 1. The number of rotatable bonds is 5. The number of hydrogen-bond donors (Lipinski definition) is 1. The maximum absolute atomic E-state index is 11.5. The Morgan fingerprint density at radius 2 is 1.94 bits per heavy atom. The third-order valence-electron chi connectivity index (χ3n) is 2.47. The van der Waals surface area contributed by atoms with Crippen LogP contribution in [0, 0.1) is 6.92 Å². The normalized spacial score (nSPS) is 10.7. The predicted molar refractivity (Wildman–Crippen MR) is 67.7 cm³/mol. The maximum atomic E-state index is 11.5. The first-order valence-electron chi connectivity index (χ1n) is 5.71. The lowest BCUT2D eigenvalue weighted by molar-refractivity contribution is -0.128. The van der Waals surface area contributed by atoms with Gasteiger partial charge in [0.25, 0.3) is 5.91 Å². The van der Waals surface area contributed by atoms with Crippen LogP contribution in [0.2, 0.25) is 0 Å². The van der Waals surface area contributed by atoms with Gasteiger partial charge in [0, 0.05) is 13.1 Å². The summed E-state index contributed by atoms with van der Waals surface area (Å²) in [5.74, 6) is 0.555. The van der Waals surface area contributed by atoms with Crippen molar-refractivity contribution in [3.63, 3.8) is 0 Å². The second kappa shape index (κ2) is 6.25. The number of benzene rings is 1. The molecule has 0 saturated carbocycles. The lowest BCUT2D eigenvalue weighted by Crippen LogP contribution is -2.45. The molecule has 94 valence electrons. The molecule has 1 N–H and O–H groups in total. The van der Waals surface area contributed by atoms with Crippen molar-refractivity contribution in [1.82, 2.24) is 10.4 Å². The highest BCUT2D eigenvalue weighted by atomic mass is 16.5. The van der Waals surface area contributed by atoms with E-state index in [1.54, 1.807) is 5.01 Å². The molecule has 0 radical (unpaired) electrons. The minimum Gasteiger partial charge on any atom is -0.484 e. The van der Waals surface area contributed by atoms with E-state index < -0.39 is 0 Å². The second-order valence-electron chi connectivity index (χ2n) is 4.34. The Hall–Kier alpha value is -1.55. The number of ether oxygens (including phenoxy) is 1. The van der Waals surface area contributed by atoms with Crippen LogP contribution in [0.15, 0.2) is 24.3 Å². The average Bonchev–Trinajstić information content (AvgIpc) is 2.28. The molecule has 1 amide bonds. The monoisotopic (exact) mass is 236 g/mol. The number of aryl methyl sites for hydroxylation is 1. The van der Waals surface area contributed by atoms with Gasteiger partial charge in [-0.25, -0.2) is 5.01 Å². The molecule has 0 aliphatic heterocycles. The summed E-state index contributed by atoms with van der Waals surface area (Å²) in [5.41, 5.74) is 3.90. The molecule has 0 aliphatic rings. The van der Waals surface area contributed by atoms with Gasteiger partial charge in [0.1, 0.15) is 5.75 Å². The Kier molecular flexibility index (Phi) is 4.97. The zero-order chi connectivity index (χ0) is 12.8. The van der Waals surface area contributed by atoms with Crippen molar-refractivity contribution in [3.05, 3.63) is 29.8 Å². The van der Waals surface area contributed by atoms with Crippen LogP contribution in [0.4, 0.5) is 0 Å². The standard InChI is InChI=1S/C13H20N2O2/c1-10(2)15(4)14-13(16)9-17-12-7-5-11(3)6-8-12/h5-8,10H,9H2,1-4H3,(H,14,16). The molecule has 0 bridgehead atoms. The second-order valence-corrected chi connectivity index (χ2v) is 4.34. The zero-order valence-electron chi connectivity index (χ0n) is 10.9. The molecule has 4 heteroatoms. The fourth-order valence-electron chi connectivity index (χ4n) is 1.14. The van der Waals surface area contributed by atoms with Crippen LogP contribution in [0.3, 0.4) is 0 Å². The summed E-state index contributed by atoms with van der Waals surface area (Å²) in [5, 5.41) is 1.75. The minimum absolute atomic E-state index is 0.0279. The molecule has 17 heavy (non-hydrogen) atoms. The van der Waals surface area contributed by atoms with Crippen molar-refractivity contribution in [2.24, 2.45) is 0 Å². The summed E-state index contributed by atoms with van der Waals surface area (Å²) in [4.78, 5) is 11.5. The summed E-state index contributed by atoms with van der Waals surface area (Å²) < 4.78 is 5.36. The van der Waals surface area contributed by atoms with E-state index in [1.807, 2.05) is 52.1 Å². The molecule has 0 unspecified atom stereocenters. The SMILES string of the molecule is Cc1ccc(OCC(=O)NN(C)C(C)C)cc1. The Morgan fingerprint density at radius 1 is 1.35 bits per heavy atom. The van der Waals surface area contributed by atoms with Crippen LogP contribution in [-0.2, 0) is 4.79 Å². The molecule has 1 aromatic rings. The third kappa shape index (κ3) is 4.87. The van der Waals surface area contributed by atoms with E-state index in [-0.39, 0.29) is 18.6 Å². The Morgan fingerprint density at radius 3 is 2.47 bits per heavy atom. The van der Waals surface area contributed by atoms with Crippen LogP contribution >= 0.6 is 0 Å². The molecular formula is C13H20N2O2. The van der Waals surface area contributed by atoms with E-state index in [2.05, 4.69) is 5.43 Å². The first kappa shape index (κ1) is 13.5. The topological polar surface area (TPSA) is 41.6 Å². The van der Waals surface area contributed by atoms with Gasteiger partial charge in [-0.15, -0.1) is 0 Å². The number of hydrazine groups is 1. The van der Waals surface area contributed by atoms with Crippen LogP contribution < -0.4 is 10.2 Å². The van der Waals surface area contributed by atoms with Gasteiger partial charge >= 0.3 is 0 Å². The Bertz CT molecular complexity index is 360. The Labute approximate surface area is 103 Å². The van der Waals surface area contributed by atoms with Crippen LogP contribution in [0.1, 0.15) is 19.4 Å². The highest BCUT2D eigenvalue weighted by molar-refractivity contribution is 5.76. The average molecular weight is 236 g/mol. The van der Waals surface area contributed by atoms with Crippen LogP contribution in [-0.4, -0.2) is 30.6 Å². The largest absolute Gasteiger partial charge is 0.484 e. The van der Waals surface area contributed by atoms with E-state index in [4.69, 9.17) is 4.74 Å². The zero-order valence-corrected chi connectivity index (χ0v) is 10.9. The summed E-state index contributed by atoms with van der Waals surface area (Å²) >= 11 is 0. The first-order chi connectivity index (χ1) is 7.99. The number of hydrogen-bond acceptors (Lipinski definition) is 3. The molecule has 0 aromatic heterocycles. The van der Waals surface area contributed by atoms with E-state index in [0.29, 0.717) is 5.75 Å². The van der Waals surface area contributed by atoms with Crippen LogP contribution in [0.5, 0.6) is 5.75 Å². The highest BCUT2D eigenvalue weighted by Crippen LogP contribution is 2.10. The van der Waals surface area contributed by atoms with Crippen molar-refractivity contribution in [2.45, 2.75) is 26.8 Å². The number of nitrogens with one attached hydrogen (secondary N) is 1. The lowest BCUT2D eigenvalue weighted by Gasteiger charge is -2.21. The number of nitrogens with zero attached hydrogens (tertiary/aromatic N) is 1. The van der Waals surface area contributed by atoms with Gasteiger partial charge < -0.3 is 4.74 Å². The van der Waals surface area contributed by atoms with Crippen molar-refractivity contribution in [2.75, 3.05) is 13.7 Å². The highest BCUT2D eigenvalue weighted by Gasteiger charge is 2.08. The van der Waals surface area contributed by atoms with E-state index >= 15 is 0 Å². The van der Waals surface area contributed by atoms with Crippen molar-refractivity contribution in [3.8, 4) is 5.75 Å². The van der Waals surface area contributed by atoms with E-state index in [0.717, 1.165) is 0 Å². The molecule has 0 fully saturated rings. The molecule has 0 atom stereocenters. The molecular weight excluding hydrogens is 216 g/mol. The molecule has 1 aromatic carbocycles. The fourth-order valence-corrected chi connectivity index (χ4v) is 1.14. The summed E-state index contributed by atoms with van der Waals surface area (Å²) in [6.07, 6.45) is 0. The van der Waals surface area contributed by atoms with E-state index in [9.17, 15) is 4.79 Å². The predicted octanol–water partition coefficient (Wildman–Crippen LogP) is 1.75. The smallest absolute Gasteiger partial charge is 0.272 e. The van der Waals surface area contributed by atoms with Gasteiger partial charge in [-0.05, 0) is 32.9 Å². The summed E-state index contributed by atoms with van der Waals surface area (Å²) in [6, 6.07) is 7.88. The Balaban J connectivity index is 2.35. The molecule has 0 spiro atoms. The molecule has 0 saturated heterocycles. The first-order valence-corrected chi connectivity index (χ1v) is 5.71. The van der Waals surface area contributed by atoms with Crippen LogP contribution in [0.25, 0.3) is 0 Å². The van der Waals surface area contributed by atoms with Gasteiger partial charge in [0.05, 0.1) is 0 Å². The van der Waals surface area contributed by atoms with Gasteiger partial charge in [-0.2, -0.15) is 0 Å². The molecule has 0 aliphatic carbocycles. The third-order valence-corrected chi connectivity index (χ3v) is 2.47. The number of carbonyl (C=O) groups excluding carboxylic acids is 1. The maximum Gasteiger partial charge on any atom is 0.272 e. The van der Waals surface area contributed by atoms with E-state index in [1.165, 1.54) is 5.56 Å². The van der Waals surface area contributed by atoms with Crippen molar-refractivity contribution < 1.29 is 9.53 Å². The molecule has 0 heterocycles. The van der Waals surface area contributed by atoms with Gasteiger partial charge in [0.2, 0.25) is 0 Å². The van der Waals surface area contributed by atoms with Gasteiger partial charge in [-0.1, -0.05) is 17.7 Å².